The Morgan fingerprint density at radius 1 is 1.30 bits per heavy atom. The lowest BCUT2D eigenvalue weighted by atomic mass is 9.83. The number of hydrogen-bond donors (Lipinski definition) is 1. The second-order valence-corrected chi connectivity index (χ2v) is 7.31. The van der Waals surface area contributed by atoms with Gasteiger partial charge in [-0.2, -0.15) is 0 Å². The zero-order chi connectivity index (χ0) is 19.1. The fourth-order valence-corrected chi connectivity index (χ4v) is 4.40. The SMILES string of the molecule is COc1cc([N+](=O)[O-])cc(CN2C[C@@H]3C[C@@H](C2)c2cccc(=O)n2C3)c1O. The van der Waals surface area contributed by atoms with Crippen LogP contribution in [0.2, 0.25) is 0 Å². The second-order valence-electron chi connectivity index (χ2n) is 7.31. The molecular formula is C19H21N3O5. The van der Waals surface area contributed by atoms with Crippen molar-refractivity contribution in [3.05, 3.63) is 62.1 Å². The van der Waals surface area contributed by atoms with Crippen LogP contribution < -0.4 is 10.3 Å². The molecule has 2 bridgehead atoms. The van der Waals surface area contributed by atoms with Crippen LogP contribution in [-0.4, -0.2) is 39.7 Å². The van der Waals surface area contributed by atoms with Gasteiger partial charge in [-0.25, -0.2) is 0 Å². The van der Waals surface area contributed by atoms with Gasteiger partial charge in [-0.1, -0.05) is 6.07 Å². The summed E-state index contributed by atoms with van der Waals surface area (Å²) < 4.78 is 6.95. The molecular weight excluding hydrogens is 350 g/mol. The van der Waals surface area contributed by atoms with E-state index >= 15 is 0 Å². The first-order chi connectivity index (χ1) is 13.0. The zero-order valence-electron chi connectivity index (χ0n) is 15.0. The minimum Gasteiger partial charge on any atom is -0.504 e. The fourth-order valence-electron chi connectivity index (χ4n) is 4.40. The number of piperidine rings is 1. The van der Waals surface area contributed by atoms with E-state index in [1.165, 1.54) is 19.2 Å². The number of benzene rings is 1. The van der Waals surface area contributed by atoms with E-state index in [0.717, 1.165) is 25.2 Å². The summed E-state index contributed by atoms with van der Waals surface area (Å²) in [6, 6.07) is 8.02. The smallest absolute Gasteiger partial charge is 0.273 e. The number of phenols is 1. The van der Waals surface area contributed by atoms with Crippen LogP contribution in [0.4, 0.5) is 5.69 Å². The number of nitrogens with zero attached hydrogens (tertiary/aromatic N) is 3. The number of phenolic OH excluding ortho intramolecular Hbond substituents is 1. The number of ether oxygens (including phenoxy) is 1. The molecule has 1 N–H and O–H groups in total. The van der Waals surface area contributed by atoms with Gasteiger partial charge in [0.15, 0.2) is 11.5 Å². The van der Waals surface area contributed by atoms with E-state index in [9.17, 15) is 20.0 Å². The van der Waals surface area contributed by atoms with Crippen LogP contribution in [0.1, 0.15) is 23.6 Å². The number of fused-ring (bicyclic) bond motifs is 4. The van der Waals surface area contributed by atoms with E-state index in [-0.39, 0.29) is 28.7 Å². The molecule has 142 valence electrons. The second kappa shape index (κ2) is 6.70. The number of pyridine rings is 1. The summed E-state index contributed by atoms with van der Waals surface area (Å²) in [6.45, 7) is 2.60. The van der Waals surface area contributed by atoms with Gasteiger partial charge >= 0.3 is 0 Å². The first kappa shape index (κ1) is 17.5. The quantitative estimate of drug-likeness (QED) is 0.653. The standard InChI is InChI=1S/C19H21N3O5/c1-27-17-7-15(22(25)26)6-14(19(17)24)11-20-8-12-5-13(10-20)16-3-2-4-18(23)21(16)9-12/h2-4,6-7,12-13,24H,5,8-11H2,1H3/t12-,13-/m0/s1. The van der Waals surface area contributed by atoms with E-state index in [2.05, 4.69) is 4.90 Å². The van der Waals surface area contributed by atoms with E-state index < -0.39 is 4.92 Å². The van der Waals surface area contributed by atoms with Gasteiger partial charge in [0.1, 0.15) is 0 Å². The number of aromatic nitrogens is 1. The van der Waals surface area contributed by atoms with Crippen molar-refractivity contribution in [2.75, 3.05) is 20.2 Å². The molecule has 27 heavy (non-hydrogen) atoms. The Kier molecular flexibility index (Phi) is 4.35. The van der Waals surface area contributed by atoms with Crippen molar-refractivity contribution in [1.82, 2.24) is 9.47 Å². The van der Waals surface area contributed by atoms with Crippen molar-refractivity contribution in [2.24, 2.45) is 5.92 Å². The summed E-state index contributed by atoms with van der Waals surface area (Å²) in [7, 11) is 1.38. The summed E-state index contributed by atoms with van der Waals surface area (Å²) in [4.78, 5) is 25.0. The average molecular weight is 371 g/mol. The van der Waals surface area contributed by atoms with Gasteiger partial charge < -0.3 is 14.4 Å². The van der Waals surface area contributed by atoms with Gasteiger partial charge in [0.25, 0.3) is 11.2 Å². The highest BCUT2D eigenvalue weighted by Gasteiger charge is 2.34. The molecule has 8 heteroatoms. The largest absolute Gasteiger partial charge is 0.504 e. The highest BCUT2D eigenvalue weighted by atomic mass is 16.6. The Labute approximate surface area is 155 Å². The van der Waals surface area contributed by atoms with Crippen LogP contribution in [0.15, 0.2) is 35.1 Å². The van der Waals surface area contributed by atoms with Crippen molar-refractivity contribution < 1.29 is 14.8 Å². The Hall–Kier alpha value is -2.87. The molecule has 1 fully saturated rings. The molecule has 1 aromatic carbocycles. The molecule has 0 unspecified atom stereocenters. The molecule has 0 saturated carbocycles. The van der Waals surface area contributed by atoms with Crippen molar-refractivity contribution in [3.8, 4) is 11.5 Å². The number of likely N-dealkylation sites (tertiary alicyclic amines) is 1. The number of aromatic hydroxyl groups is 1. The maximum atomic E-state index is 12.1. The lowest BCUT2D eigenvalue weighted by Crippen LogP contribution is -2.46. The minimum absolute atomic E-state index is 0.0386. The van der Waals surface area contributed by atoms with E-state index in [0.29, 0.717) is 24.6 Å². The number of rotatable bonds is 4. The van der Waals surface area contributed by atoms with Crippen LogP contribution >= 0.6 is 0 Å². The van der Waals surface area contributed by atoms with Gasteiger partial charge in [0.05, 0.1) is 18.1 Å². The normalized spacial score (nSPS) is 21.5. The molecule has 0 radical (unpaired) electrons. The van der Waals surface area contributed by atoms with Crippen molar-refractivity contribution in [1.29, 1.82) is 0 Å². The van der Waals surface area contributed by atoms with Crippen LogP contribution in [0, 0.1) is 16.0 Å². The molecule has 8 nitrogen and oxygen atoms in total. The highest BCUT2D eigenvalue weighted by Crippen LogP contribution is 2.38. The van der Waals surface area contributed by atoms with Crippen molar-refractivity contribution >= 4 is 5.69 Å². The topological polar surface area (TPSA) is 97.8 Å². The van der Waals surface area contributed by atoms with E-state index in [1.807, 2.05) is 10.6 Å². The molecule has 3 heterocycles. The maximum absolute atomic E-state index is 12.1. The summed E-state index contributed by atoms with van der Waals surface area (Å²) >= 11 is 0. The Morgan fingerprint density at radius 2 is 2.11 bits per heavy atom. The Bertz CT molecular complexity index is 955. The van der Waals surface area contributed by atoms with E-state index in [4.69, 9.17) is 4.74 Å². The third-order valence-corrected chi connectivity index (χ3v) is 5.52. The summed E-state index contributed by atoms with van der Waals surface area (Å²) in [5, 5.41) is 21.6. The average Bonchev–Trinajstić information content (AvgIpc) is 2.64. The highest BCUT2D eigenvalue weighted by molar-refractivity contribution is 5.53. The van der Waals surface area contributed by atoms with Crippen molar-refractivity contribution in [3.63, 3.8) is 0 Å². The molecule has 1 aromatic heterocycles. The predicted molar refractivity (Wildman–Crippen MR) is 98.1 cm³/mol. The first-order valence-corrected chi connectivity index (χ1v) is 8.92. The monoisotopic (exact) mass is 371 g/mol. The molecule has 2 atom stereocenters. The van der Waals surface area contributed by atoms with Crippen LogP contribution in [-0.2, 0) is 13.1 Å². The van der Waals surface area contributed by atoms with Gasteiger partial charge in [-0.05, 0) is 18.4 Å². The Morgan fingerprint density at radius 3 is 2.85 bits per heavy atom. The third-order valence-electron chi connectivity index (χ3n) is 5.52. The molecule has 1 saturated heterocycles. The van der Waals surface area contributed by atoms with E-state index in [1.54, 1.807) is 12.1 Å². The van der Waals surface area contributed by atoms with Gasteiger partial charge in [-0.3, -0.25) is 19.8 Å². The zero-order valence-corrected chi connectivity index (χ0v) is 15.0. The molecule has 0 aliphatic carbocycles. The number of non-ortho nitro benzene ring substituents is 1. The van der Waals surface area contributed by atoms with Gasteiger partial charge in [-0.15, -0.1) is 0 Å². The van der Waals surface area contributed by atoms with Gasteiger partial charge in [0.2, 0.25) is 0 Å². The summed E-state index contributed by atoms with van der Waals surface area (Å²) in [6.07, 6.45) is 1.03. The maximum Gasteiger partial charge on any atom is 0.273 e. The van der Waals surface area contributed by atoms with Crippen molar-refractivity contribution in [2.45, 2.75) is 25.4 Å². The molecule has 2 aliphatic heterocycles. The fraction of sp³-hybridized carbons (Fsp3) is 0.421. The molecule has 0 spiro atoms. The van der Waals surface area contributed by atoms with Crippen LogP contribution in [0.5, 0.6) is 11.5 Å². The summed E-state index contributed by atoms with van der Waals surface area (Å²) in [5.74, 6) is 0.636. The predicted octanol–water partition coefficient (Wildman–Crippen LogP) is 2.09. The minimum atomic E-state index is -0.487. The lowest BCUT2D eigenvalue weighted by Gasteiger charge is -2.42. The molecule has 2 aromatic rings. The van der Waals surface area contributed by atoms with Gasteiger partial charge in [0, 0.05) is 55.5 Å². The number of nitro groups is 1. The number of nitro benzene ring substituents is 1. The molecule has 2 aliphatic rings. The number of methoxy groups -OCH3 is 1. The summed E-state index contributed by atoms with van der Waals surface area (Å²) in [5.41, 5.74) is 1.46. The first-order valence-electron chi connectivity index (χ1n) is 8.92. The Balaban J connectivity index is 1.61. The van der Waals surface area contributed by atoms with Crippen LogP contribution in [0.3, 0.4) is 0 Å². The van der Waals surface area contributed by atoms with Crippen LogP contribution in [0.25, 0.3) is 0 Å². The lowest BCUT2D eigenvalue weighted by molar-refractivity contribution is -0.385. The number of hydrogen-bond acceptors (Lipinski definition) is 6. The molecule has 4 rings (SSSR count). The third kappa shape index (κ3) is 3.16. The molecule has 0 amide bonds.